The normalized spacial score (nSPS) is 11.0. The number of methoxy groups -OCH3 is 1. The fourth-order valence-electron chi connectivity index (χ4n) is 4.26. The molecule has 2 N–H and O–H groups in total. The van der Waals surface area contributed by atoms with E-state index >= 15 is 0 Å². The minimum Gasteiger partial charge on any atom is -0.375 e. The average molecular weight is 495 g/mol. The van der Waals surface area contributed by atoms with Crippen molar-refractivity contribution in [1.82, 2.24) is 24.6 Å². The van der Waals surface area contributed by atoms with Gasteiger partial charge in [-0.2, -0.15) is 5.10 Å². The van der Waals surface area contributed by atoms with Gasteiger partial charge in [0.1, 0.15) is 12.4 Å². The van der Waals surface area contributed by atoms with Crippen LogP contribution in [0.25, 0.3) is 28.1 Å². The van der Waals surface area contributed by atoms with Crippen molar-refractivity contribution in [1.29, 1.82) is 0 Å². The molecule has 0 fully saturated rings. The fourth-order valence-corrected chi connectivity index (χ4v) is 4.26. The third-order valence-electron chi connectivity index (χ3n) is 5.95. The molecule has 2 heterocycles. The summed E-state index contributed by atoms with van der Waals surface area (Å²) in [4.78, 5) is 30.4. The van der Waals surface area contributed by atoms with Gasteiger partial charge >= 0.3 is 0 Å². The van der Waals surface area contributed by atoms with Crippen molar-refractivity contribution < 1.29 is 14.3 Å². The number of nitrogens with one attached hydrogen (secondary N) is 2. The van der Waals surface area contributed by atoms with Crippen LogP contribution in [0, 0.1) is 0 Å². The maximum absolute atomic E-state index is 13.2. The molecule has 0 bridgehead atoms. The number of hydrogen-bond acceptors (Lipinski definition) is 5. The highest BCUT2D eigenvalue weighted by molar-refractivity contribution is 6.06. The molecular formula is C28H26N6O3. The van der Waals surface area contributed by atoms with Crippen LogP contribution in [0.3, 0.4) is 0 Å². The number of aryl methyl sites for hydroxylation is 1. The Hall–Kier alpha value is -4.76. The number of amides is 2. The molecule has 2 aromatic heterocycles. The second-order valence-corrected chi connectivity index (χ2v) is 8.54. The lowest BCUT2D eigenvalue weighted by molar-refractivity contribution is -0.119. The van der Waals surface area contributed by atoms with E-state index in [0.29, 0.717) is 28.8 Å². The topological polar surface area (TPSA) is 103 Å². The van der Waals surface area contributed by atoms with Crippen LogP contribution in [-0.2, 0) is 23.1 Å². The van der Waals surface area contributed by atoms with Crippen LogP contribution >= 0.6 is 0 Å². The first-order valence-corrected chi connectivity index (χ1v) is 11.8. The van der Waals surface area contributed by atoms with Gasteiger partial charge < -0.3 is 19.9 Å². The van der Waals surface area contributed by atoms with E-state index < -0.39 is 0 Å². The molecular weight excluding hydrogens is 468 g/mol. The number of fused-ring (bicyclic) bond motifs is 1. The number of ether oxygens (including phenoxy) is 1. The van der Waals surface area contributed by atoms with Crippen molar-refractivity contribution in [3.63, 3.8) is 0 Å². The van der Waals surface area contributed by atoms with Gasteiger partial charge in [-0.15, -0.1) is 0 Å². The summed E-state index contributed by atoms with van der Waals surface area (Å²) in [5.74, 6) is 0.130. The number of aromatic nitrogens is 4. The monoisotopic (exact) mass is 494 g/mol. The van der Waals surface area contributed by atoms with E-state index in [1.807, 2.05) is 78.5 Å². The molecule has 9 nitrogen and oxygen atoms in total. The van der Waals surface area contributed by atoms with Crippen LogP contribution in [0.2, 0.25) is 0 Å². The van der Waals surface area contributed by atoms with Gasteiger partial charge in [-0.05, 0) is 35.9 Å². The van der Waals surface area contributed by atoms with E-state index in [4.69, 9.17) is 9.72 Å². The number of benzene rings is 3. The van der Waals surface area contributed by atoms with Crippen molar-refractivity contribution in [2.75, 3.05) is 19.0 Å². The number of imidazole rings is 1. The second kappa shape index (κ2) is 10.5. The van der Waals surface area contributed by atoms with E-state index in [9.17, 15) is 9.59 Å². The summed E-state index contributed by atoms with van der Waals surface area (Å²) < 4.78 is 8.65. The molecule has 0 saturated carbocycles. The predicted molar refractivity (Wildman–Crippen MR) is 141 cm³/mol. The SMILES string of the molecule is COCC(=O)Nc1cc(C(=O)NCc2cccc(-n3cccn3)c2)cc2nc(-c3ccccc3)n(C)c12. The Bertz CT molecular complexity index is 1560. The number of rotatable bonds is 8. The Balaban J connectivity index is 1.46. The van der Waals surface area contributed by atoms with Crippen molar-refractivity contribution in [3.8, 4) is 17.1 Å². The molecule has 0 spiro atoms. The van der Waals surface area contributed by atoms with Gasteiger partial charge in [0.05, 0.1) is 22.4 Å². The lowest BCUT2D eigenvalue weighted by Crippen LogP contribution is -2.23. The molecule has 0 saturated heterocycles. The maximum atomic E-state index is 13.2. The van der Waals surface area contributed by atoms with Crippen LogP contribution < -0.4 is 10.6 Å². The minimum absolute atomic E-state index is 0.103. The fraction of sp³-hybridized carbons (Fsp3) is 0.143. The van der Waals surface area contributed by atoms with Gasteiger partial charge in [-0.3, -0.25) is 9.59 Å². The molecule has 186 valence electrons. The molecule has 0 atom stereocenters. The lowest BCUT2D eigenvalue weighted by Gasteiger charge is -2.12. The summed E-state index contributed by atoms with van der Waals surface area (Å²) in [6.07, 6.45) is 3.58. The number of carbonyl (C=O) groups is 2. The molecule has 5 aromatic rings. The number of anilines is 1. The first kappa shape index (κ1) is 24.0. The molecule has 3 aromatic carbocycles. The van der Waals surface area contributed by atoms with Crippen molar-refractivity contribution in [2.24, 2.45) is 7.05 Å². The van der Waals surface area contributed by atoms with Crippen molar-refractivity contribution in [3.05, 3.63) is 96.3 Å². The van der Waals surface area contributed by atoms with E-state index in [-0.39, 0.29) is 18.4 Å². The molecule has 0 unspecified atom stereocenters. The van der Waals surface area contributed by atoms with E-state index in [1.165, 1.54) is 7.11 Å². The van der Waals surface area contributed by atoms with Crippen LogP contribution in [0.15, 0.2) is 85.2 Å². The average Bonchev–Trinajstić information content (AvgIpc) is 3.57. The summed E-state index contributed by atoms with van der Waals surface area (Å²) in [7, 11) is 3.34. The van der Waals surface area contributed by atoms with Crippen molar-refractivity contribution in [2.45, 2.75) is 6.54 Å². The molecule has 5 rings (SSSR count). The highest BCUT2D eigenvalue weighted by Gasteiger charge is 2.18. The molecule has 0 aliphatic rings. The van der Waals surface area contributed by atoms with E-state index in [2.05, 4.69) is 15.7 Å². The Morgan fingerprint density at radius 2 is 1.84 bits per heavy atom. The Morgan fingerprint density at radius 3 is 2.59 bits per heavy atom. The van der Waals surface area contributed by atoms with Gasteiger partial charge in [0.2, 0.25) is 5.91 Å². The third kappa shape index (κ3) is 5.12. The quantitative estimate of drug-likeness (QED) is 0.340. The van der Waals surface area contributed by atoms with Crippen LogP contribution in [0.5, 0.6) is 0 Å². The maximum Gasteiger partial charge on any atom is 0.251 e. The van der Waals surface area contributed by atoms with Crippen LogP contribution in [0.1, 0.15) is 15.9 Å². The van der Waals surface area contributed by atoms with Gasteiger partial charge in [-0.1, -0.05) is 42.5 Å². The zero-order chi connectivity index (χ0) is 25.8. The second-order valence-electron chi connectivity index (χ2n) is 8.54. The van der Waals surface area contributed by atoms with Gasteiger partial charge in [-0.25, -0.2) is 9.67 Å². The number of nitrogens with zero attached hydrogens (tertiary/aromatic N) is 4. The highest BCUT2D eigenvalue weighted by atomic mass is 16.5. The molecule has 9 heteroatoms. The number of carbonyl (C=O) groups excluding carboxylic acids is 2. The summed E-state index contributed by atoms with van der Waals surface area (Å²) in [6, 6.07) is 22.8. The summed E-state index contributed by atoms with van der Waals surface area (Å²) in [5.41, 5.74) is 4.96. The Morgan fingerprint density at radius 1 is 1.00 bits per heavy atom. The Labute approximate surface area is 213 Å². The standard InChI is InChI=1S/C28H26N6O3/c1-33-26-23(31-25(35)18-37-2)15-21(16-24(26)32-27(33)20-9-4-3-5-10-20)28(36)29-17-19-8-6-11-22(14-19)34-13-7-12-30-34/h3-16H,17-18H2,1-2H3,(H,29,36)(H,31,35). The van der Waals surface area contributed by atoms with E-state index in [1.54, 1.807) is 23.0 Å². The summed E-state index contributed by atoms with van der Waals surface area (Å²) in [5, 5.41) is 10.1. The summed E-state index contributed by atoms with van der Waals surface area (Å²) in [6.45, 7) is 0.225. The predicted octanol–water partition coefficient (Wildman–Crippen LogP) is 3.94. The largest absolute Gasteiger partial charge is 0.375 e. The van der Waals surface area contributed by atoms with Gasteiger partial charge in [0, 0.05) is 44.2 Å². The molecule has 0 radical (unpaired) electrons. The minimum atomic E-state index is -0.320. The van der Waals surface area contributed by atoms with E-state index in [0.717, 1.165) is 22.6 Å². The lowest BCUT2D eigenvalue weighted by atomic mass is 10.1. The molecule has 0 aliphatic heterocycles. The van der Waals surface area contributed by atoms with Gasteiger partial charge in [0.15, 0.2) is 0 Å². The van der Waals surface area contributed by atoms with Gasteiger partial charge in [0.25, 0.3) is 5.91 Å². The molecule has 2 amide bonds. The molecule has 37 heavy (non-hydrogen) atoms. The smallest absolute Gasteiger partial charge is 0.251 e. The Kier molecular flexibility index (Phi) is 6.78. The highest BCUT2D eigenvalue weighted by Crippen LogP contribution is 2.30. The van der Waals surface area contributed by atoms with Crippen molar-refractivity contribution >= 4 is 28.5 Å². The first-order valence-electron chi connectivity index (χ1n) is 11.8. The zero-order valence-electron chi connectivity index (χ0n) is 20.5. The zero-order valence-corrected chi connectivity index (χ0v) is 20.5. The van der Waals surface area contributed by atoms with Crippen LogP contribution in [-0.4, -0.2) is 44.9 Å². The first-order chi connectivity index (χ1) is 18.0. The third-order valence-corrected chi connectivity index (χ3v) is 5.95. The molecule has 0 aliphatic carbocycles. The number of hydrogen-bond donors (Lipinski definition) is 2. The van der Waals surface area contributed by atoms with Crippen LogP contribution in [0.4, 0.5) is 5.69 Å². The summed E-state index contributed by atoms with van der Waals surface area (Å²) >= 11 is 0.